The molecule has 9 nitrogen and oxygen atoms in total. The standard InChI is InChI=1S/C19H21N5O4S/c1-10-5-12(8-24(10)9-13-7-22-19(29-13)23-11(2)25)27-18-14-6-16(17(20)26)28-15(14)3-4-21-18/h3-4,6-7,10,12H,5,8-9H2,1-2H3,(H2,20,26)(H,22,23,25)/t10-,12+/m0/s1. The Bertz CT molecular complexity index is 1060. The number of carbonyl (C=O) groups excluding carboxylic acids is 2. The molecule has 0 aromatic carbocycles. The van der Waals surface area contributed by atoms with Crippen LogP contribution in [0.2, 0.25) is 0 Å². The third-order valence-corrected chi connectivity index (χ3v) is 5.69. The van der Waals surface area contributed by atoms with Gasteiger partial charge in [0.25, 0.3) is 5.91 Å². The van der Waals surface area contributed by atoms with Gasteiger partial charge in [-0.3, -0.25) is 14.5 Å². The maximum absolute atomic E-state index is 11.4. The number of likely N-dealkylation sites (tertiary alicyclic amines) is 1. The molecule has 0 unspecified atom stereocenters. The maximum atomic E-state index is 11.4. The molecule has 0 radical (unpaired) electrons. The van der Waals surface area contributed by atoms with E-state index in [0.717, 1.165) is 24.4 Å². The van der Waals surface area contributed by atoms with Crippen molar-refractivity contribution < 1.29 is 18.7 Å². The topological polar surface area (TPSA) is 124 Å². The SMILES string of the molecule is CC(=O)Nc1ncc(CN2C[C@H](Oc3nccc4oc(C(N)=O)cc34)C[C@@H]2C)s1. The number of aromatic nitrogens is 2. The number of fused-ring (bicyclic) bond motifs is 1. The molecule has 0 bridgehead atoms. The lowest BCUT2D eigenvalue weighted by atomic mass is 10.2. The van der Waals surface area contributed by atoms with Gasteiger partial charge in [-0.05, 0) is 6.92 Å². The number of rotatable bonds is 6. The number of nitrogens with zero attached hydrogens (tertiary/aromatic N) is 3. The van der Waals surface area contributed by atoms with Crippen LogP contribution in [-0.4, -0.2) is 45.4 Å². The Morgan fingerprint density at radius 3 is 3.03 bits per heavy atom. The molecular formula is C19H21N5O4S. The van der Waals surface area contributed by atoms with Crippen LogP contribution in [0, 0.1) is 0 Å². The third-order valence-electron chi connectivity index (χ3n) is 4.79. The number of hydrogen-bond donors (Lipinski definition) is 2. The van der Waals surface area contributed by atoms with Crippen LogP contribution in [0.5, 0.6) is 5.88 Å². The van der Waals surface area contributed by atoms with Gasteiger partial charge in [0.1, 0.15) is 11.7 Å². The van der Waals surface area contributed by atoms with Gasteiger partial charge in [0.2, 0.25) is 11.8 Å². The first-order valence-corrected chi connectivity index (χ1v) is 10.0. The van der Waals surface area contributed by atoms with Crippen LogP contribution in [-0.2, 0) is 11.3 Å². The van der Waals surface area contributed by atoms with Gasteiger partial charge in [-0.15, -0.1) is 11.3 Å². The summed E-state index contributed by atoms with van der Waals surface area (Å²) in [6, 6.07) is 3.56. The molecule has 3 aromatic heterocycles. The molecule has 1 fully saturated rings. The highest BCUT2D eigenvalue weighted by Gasteiger charge is 2.31. The molecule has 0 saturated carbocycles. The van der Waals surface area contributed by atoms with Crippen molar-refractivity contribution in [2.75, 3.05) is 11.9 Å². The van der Waals surface area contributed by atoms with Crippen LogP contribution in [0.3, 0.4) is 0 Å². The molecule has 0 aliphatic carbocycles. The minimum Gasteiger partial charge on any atom is -0.472 e. The van der Waals surface area contributed by atoms with Crippen LogP contribution in [0.25, 0.3) is 11.0 Å². The molecule has 4 rings (SSSR count). The number of pyridine rings is 1. The highest BCUT2D eigenvalue weighted by atomic mass is 32.1. The molecule has 2 amide bonds. The lowest BCUT2D eigenvalue weighted by Gasteiger charge is -2.19. The zero-order valence-corrected chi connectivity index (χ0v) is 16.9. The highest BCUT2D eigenvalue weighted by molar-refractivity contribution is 7.15. The Labute approximate surface area is 170 Å². The second kappa shape index (κ2) is 7.80. The molecule has 29 heavy (non-hydrogen) atoms. The van der Waals surface area contributed by atoms with Gasteiger partial charge in [0.05, 0.1) is 5.39 Å². The zero-order chi connectivity index (χ0) is 20.5. The van der Waals surface area contributed by atoms with E-state index in [4.69, 9.17) is 14.9 Å². The maximum Gasteiger partial charge on any atom is 0.284 e. The Morgan fingerprint density at radius 1 is 1.45 bits per heavy atom. The molecular weight excluding hydrogens is 394 g/mol. The number of primary amides is 1. The van der Waals surface area contributed by atoms with Crippen molar-refractivity contribution in [1.82, 2.24) is 14.9 Å². The normalized spacial score (nSPS) is 19.5. The second-order valence-corrected chi connectivity index (χ2v) is 8.18. The minimum absolute atomic E-state index is 0.0437. The van der Waals surface area contributed by atoms with Gasteiger partial charge < -0.3 is 20.2 Å². The summed E-state index contributed by atoms with van der Waals surface area (Å²) in [6.45, 7) is 5.07. The van der Waals surface area contributed by atoms with Crippen molar-refractivity contribution in [3.8, 4) is 5.88 Å². The third kappa shape index (κ3) is 4.22. The molecule has 4 heterocycles. The van der Waals surface area contributed by atoms with Gasteiger partial charge in [-0.2, -0.15) is 0 Å². The first kappa shape index (κ1) is 19.3. The summed E-state index contributed by atoms with van der Waals surface area (Å²) in [5.74, 6) is -0.242. The summed E-state index contributed by atoms with van der Waals surface area (Å²) >= 11 is 1.47. The molecule has 10 heteroatoms. The van der Waals surface area contributed by atoms with E-state index in [1.165, 1.54) is 18.3 Å². The summed E-state index contributed by atoms with van der Waals surface area (Å²) in [6.07, 6.45) is 4.17. The van der Waals surface area contributed by atoms with E-state index < -0.39 is 5.91 Å². The van der Waals surface area contributed by atoms with Crippen molar-refractivity contribution in [2.24, 2.45) is 5.73 Å². The van der Waals surface area contributed by atoms with E-state index in [1.807, 2.05) is 0 Å². The number of hydrogen-bond acceptors (Lipinski definition) is 8. The summed E-state index contributed by atoms with van der Waals surface area (Å²) in [5.41, 5.74) is 5.82. The smallest absolute Gasteiger partial charge is 0.284 e. The van der Waals surface area contributed by atoms with Crippen molar-refractivity contribution in [2.45, 2.75) is 39.0 Å². The van der Waals surface area contributed by atoms with E-state index >= 15 is 0 Å². The lowest BCUT2D eigenvalue weighted by molar-refractivity contribution is -0.114. The number of anilines is 1. The Hall–Kier alpha value is -2.98. The summed E-state index contributed by atoms with van der Waals surface area (Å²) in [5, 5.41) is 3.94. The first-order valence-electron chi connectivity index (χ1n) is 9.20. The lowest BCUT2D eigenvalue weighted by Crippen LogP contribution is -2.27. The van der Waals surface area contributed by atoms with Crippen molar-refractivity contribution in [3.05, 3.63) is 35.2 Å². The van der Waals surface area contributed by atoms with E-state index in [1.54, 1.807) is 24.5 Å². The molecule has 3 aromatic rings. The van der Waals surface area contributed by atoms with Crippen molar-refractivity contribution >= 4 is 39.3 Å². The quantitative estimate of drug-likeness (QED) is 0.633. The van der Waals surface area contributed by atoms with Crippen molar-refractivity contribution in [1.29, 1.82) is 0 Å². The predicted octanol–water partition coefficient (Wildman–Crippen LogP) is 2.38. The second-order valence-electron chi connectivity index (χ2n) is 7.07. The molecule has 1 saturated heterocycles. The number of ether oxygens (including phenoxy) is 1. The molecule has 0 spiro atoms. The van der Waals surface area contributed by atoms with Gasteiger partial charge in [0, 0.05) is 61.9 Å². The first-order chi connectivity index (χ1) is 13.9. The number of nitrogens with two attached hydrogens (primary N) is 1. The molecule has 2 atom stereocenters. The summed E-state index contributed by atoms with van der Waals surface area (Å²) < 4.78 is 11.6. The Morgan fingerprint density at radius 2 is 2.28 bits per heavy atom. The van der Waals surface area contributed by atoms with E-state index in [0.29, 0.717) is 28.0 Å². The van der Waals surface area contributed by atoms with Gasteiger partial charge >= 0.3 is 0 Å². The number of amides is 2. The fraction of sp³-hybridized carbons (Fsp3) is 0.368. The number of nitrogens with one attached hydrogen (secondary N) is 1. The van der Waals surface area contributed by atoms with Crippen LogP contribution >= 0.6 is 11.3 Å². The van der Waals surface area contributed by atoms with Gasteiger partial charge in [-0.25, -0.2) is 9.97 Å². The Kier molecular flexibility index (Phi) is 5.20. The summed E-state index contributed by atoms with van der Waals surface area (Å²) in [7, 11) is 0. The van der Waals surface area contributed by atoms with Crippen molar-refractivity contribution in [3.63, 3.8) is 0 Å². The predicted molar refractivity (Wildman–Crippen MR) is 108 cm³/mol. The number of thiazole rings is 1. The monoisotopic (exact) mass is 415 g/mol. The zero-order valence-electron chi connectivity index (χ0n) is 16.0. The molecule has 3 N–H and O–H groups in total. The number of furan rings is 1. The van der Waals surface area contributed by atoms with E-state index in [-0.39, 0.29) is 17.8 Å². The number of carbonyl (C=O) groups is 2. The summed E-state index contributed by atoms with van der Waals surface area (Å²) in [4.78, 5) is 34.5. The van der Waals surface area contributed by atoms with Gasteiger partial charge in [0.15, 0.2) is 10.9 Å². The fourth-order valence-electron chi connectivity index (χ4n) is 3.45. The molecule has 152 valence electrons. The average molecular weight is 415 g/mol. The molecule has 1 aliphatic heterocycles. The van der Waals surface area contributed by atoms with Crippen LogP contribution in [0.15, 0.2) is 28.9 Å². The van der Waals surface area contributed by atoms with Crippen LogP contribution < -0.4 is 15.8 Å². The fourth-order valence-corrected chi connectivity index (χ4v) is 4.34. The van der Waals surface area contributed by atoms with E-state index in [2.05, 4.69) is 27.1 Å². The average Bonchev–Trinajstić information content (AvgIpc) is 3.35. The minimum atomic E-state index is -0.629. The highest BCUT2D eigenvalue weighted by Crippen LogP contribution is 2.31. The van der Waals surface area contributed by atoms with Crippen LogP contribution in [0.1, 0.15) is 35.7 Å². The van der Waals surface area contributed by atoms with Crippen LogP contribution in [0.4, 0.5) is 5.13 Å². The Balaban J connectivity index is 1.44. The molecule has 1 aliphatic rings. The van der Waals surface area contributed by atoms with Gasteiger partial charge in [-0.1, -0.05) is 0 Å². The largest absolute Gasteiger partial charge is 0.472 e. The van der Waals surface area contributed by atoms with E-state index in [9.17, 15) is 9.59 Å².